The molecule has 1 atom stereocenters. The lowest BCUT2D eigenvalue weighted by atomic mass is 10.0. The normalized spacial score (nSPS) is 11.9. The Balaban J connectivity index is 2.43. The highest BCUT2D eigenvalue weighted by molar-refractivity contribution is 5.87. The maximum absolute atomic E-state index is 11.8. The van der Waals surface area contributed by atoms with E-state index in [1.807, 2.05) is 37.4 Å². The number of benzene rings is 1. The summed E-state index contributed by atoms with van der Waals surface area (Å²) in [5.74, 6) is -0.0466. The van der Waals surface area contributed by atoms with E-state index in [2.05, 4.69) is 10.6 Å². The Kier molecular flexibility index (Phi) is 7.58. The number of Topliss-reactive ketones (excluding diaryl/α,β-unsaturated/α-hetero) is 1. The van der Waals surface area contributed by atoms with E-state index in [1.54, 1.807) is 0 Å². The van der Waals surface area contributed by atoms with Crippen LogP contribution in [0.5, 0.6) is 0 Å². The predicted octanol–water partition coefficient (Wildman–Crippen LogP) is 1.69. The lowest BCUT2D eigenvalue weighted by Crippen LogP contribution is -2.41. The van der Waals surface area contributed by atoms with Crippen LogP contribution in [-0.4, -0.2) is 31.3 Å². The fraction of sp³-hybridized carbons (Fsp3) is 0.500. The van der Waals surface area contributed by atoms with Crippen molar-refractivity contribution in [1.82, 2.24) is 10.6 Å². The molecule has 2 N–H and O–H groups in total. The quantitative estimate of drug-likeness (QED) is 0.675. The zero-order valence-corrected chi connectivity index (χ0v) is 12.3. The minimum Gasteiger partial charge on any atom is -0.346 e. The van der Waals surface area contributed by atoms with E-state index >= 15 is 0 Å². The summed E-state index contributed by atoms with van der Waals surface area (Å²) >= 11 is 0. The first-order chi connectivity index (χ1) is 9.63. The Hall–Kier alpha value is -1.68. The second kappa shape index (κ2) is 9.26. The molecule has 4 heteroatoms. The van der Waals surface area contributed by atoms with Crippen molar-refractivity contribution in [2.24, 2.45) is 0 Å². The van der Waals surface area contributed by atoms with Crippen molar-refractivity contribution < 1.29 is 9.59 Å². The number of carbonyl (C=O) groups is 2. The van der Waals surface area contributed by atoms with E-state index in [4.69, 9.17) is 0 Å². The van der Waals surface area contributed by atoms with Crippen LogP contribution in [0.25, 0.3) is 0 Å². The molecule has 1 rings (SSSR count). The van der Waals surface area contributed by atoms with Gasteiger partial charge in [0.15, 0.2) is 5.78 Å². The summed E-state index contributed by atoms with van der Waals surface area (Å²) in [5, 5.41) is 5.88. The van der Waals surface area contributed by atoms with Crippen molar-refractivity contribution in [3.8, 4) is 0 Å². The van der Waals surface area contributed by atoms with Crippen molar-refractivity contribution in [2.75, 3.05) is 13.6 Å². The van der Waals surface area contributed by atoms with E-state index < -0.39 is 6.04 Å². The van der Waals surface area contributed by atoms with Gasteiger partial charge in [-0.2, -0.15) is 0 Å². The first kappa shape index (κ1) is 16.4. The molecule has 1 aromatic carbocycles. The fourth-order valence-electron chi connectivity index (χ4n) is 2.00. The number of amides is 1. The molecular formula is C16H24N2O2. The van der Waals surface area contributed by atoms with E-state index in [0.717, 1.165) is 24.9 Å². The van der Waals surface area contributed by atoms with Crippen molar-refractivity contribution in [2.45, 2.75) is 38.6 Å². The van der Waals surface area contributed by atoms with Crippen LogP contribution in [0.1, 0.15) is 31.7 Å². The molecule has 0 radical (unpaired) electrons. The molecule has 0 aliphatic rings. The molecule has 0 aliphatic heterocycles. The molecule has 4 nitrogen and oxygen atoms in total. The van der Waals surface area contributed by atoms with Gasteiger partial charge in [0.2, 0.25) is 5.91 Å². The highest BCUT2D eigenvalue weighted by Crippen LogP contribution is 2.05. The molecule has 1 amide bonds. The zero-order chi connectivity index (χ0) is 14.8. The van der Waals surface area contributed by atoms with Crippen LogP contribution in [0.4, 0.5) is 0 Å². The van der Waals surface area contributed by atoms with Crippen molar-refractivity contribution >= 4 is 11.7 Å². The van der Waals surface area contributed by atoms with Gasteiger partial charge in [0.1, 0.15) is 0 Å². The number of nitrogens with one attached hydrogen (secondary N) is 2. The standard InChI is InChI=1S/C16H24N2O2/c1-13(19)15(12-14-8-4-3-5-9-14)18-16(20)10-6-7-11-17-2/h3-5,8-9,15,17H,6-7,10-12H2,1-2H3,(H,18,20). The molecule has 0 heterocycles. The Morgan fingerprint density at radius 3 is 2.45 bits per heavy atom. The third kappa shape index (κ3) is 6.48. The summed E-state index contributed by atoms with van der Waals surface area (Å²) in [4.78, 5) is 23.5. The topological polar surface area (TPSA) is 58.2 Å². The van der Waals surface area contributed by atoms with E-state index in [0.29, 0.717) is 12.8 Å². The minimum absolute atomic E-state index is 0.00238. The largest absolute Gasteiger partial charge is 0.346 e. The van der Waals surface area contributed by atoms with Gasteiger partial charge >= 0.3 is 0 Å². The molecule has 0 bridgehead atoms. The van der Waals surface area contributed by atoms with E-state index in [-0.39, 0.29) is 11.7 Å². The highest BCUT2D eigenvalue weighted by atomic mass is 16.2. The first-order valence-corrected chi connectivity index (χ1v) is 7.12. The summed E-state index contributed by atoms with van der Waals surface area (Å²) in [6, 6.07) is 9.32. The van der Waals surface area contributed by atoms with Gasteiger partial charge in [-0.3, -0.25) is 9.59 Å². The zero-order valence-electron chi connectivity index (χ0n) is 12.3. The summed E-state index contributed by atoms with van der Waals surface area (Å²) < 4.78 is 0. The van der Waals surface area contributed by atoms with Crippen LogP contribution >= 0.6 is 0 Å². The Bertz CT molecular complexity index is 418. The lowest BCUT2D eigenvalue weighted by Gasteiger charge is -2.16. The maximum Gasteiger partial charge on any atom is 0.220 e. The molecule has 0 aromatic heterocycles. The van der Waals surface area contributed by atoms with E-state index in [9.17, 15) is 9.59 Å². The van der Waals surface area contributed by atoms with Gasteiger partial charge < -0.3 is 10.6 Å². The molecule has 0 saturated heterocycles. The smallest absolute Gasteiger partial charge is 0.220 e. The van der Waals surface area contributed by atoms with Gasteiger partial charge in [-0.15, -0.1) is 0 Å². The van der Waals surface area contributed by atoms with Gasteiger partial charge in [-0.05, 0) is 45.3 Å². The van der Waals surface area contributed by atoms with Crippen LogP contribution in [0, 0.1) is 0 Å². The fourth-order valence-corrected chi connectivity index (χ4v) is 2.00. The molecule has 0 aliphatic carbocycles. The van der Waals surface area contributed by atoms with Gasteiger partial charge in [0, 0.05) is 6.42 Å². The molecule has 0 fully saturated rings. The lowest BCUT2D eigenvalue weighted by molar-refractivity contribution is -0.126. The molecular weight excluding hydrogens is 252 g/mol. The van der Waals surface area contributed by atoms with Crippen LogP contribution < -0.4 is 10.6 Å². The number of carbonyl (C=O) groups excluding carboxylic acids is 2. The van der Waals surface area contributed by atoms with Gasteiger partial charge in [0.05, 0.1) is 6.04 Å². The maximum atomic E-state index is 11.8. The number of hydrogen-bond donors (Lipinski definition) is 2. The van der Waals surface area contributed by atoms with Crippen molar-refractivity contribution in [1.29, 1.82) is 0 Å². The Morgan fingerprint density at radius 2 is 1.85 bits per heavy atom. The van der Waals surface area contributed by atoms with E-state index in [1.165, 1.54) is 6.92 Å². The average Bonchev–Trinajstić information content (AvgIpc) is 2.44. The summed E-state index contributed by atoms with van der Waals surface area (Å²) in [7, 11) is 1.89. The Labute approximate surface area is 121 Å². The second-order valence-electron chi connectivity index (χ2n) is 4.98. The molecule has 110 valence electrons. The van der Waals surface area contributed by atoms with Crippen molar-refractivity contribution in [3.63, 3.8) is 0 Å². The van der Waals surface area contributed by atoms with Gasteiger partial charge in [-0.25, -0.2) is 0 Å². The summed E-state index contributed by atoms with van der Waals surface area (Å²) in [6.45, 7) is 2.43. The third-order valence-corrected chi connectivity index (χ3v) is 3.19. The third-order valence-electron chi connectivity index (χ3n) is 3.19. The predicted molar refractivity (Wildman–Crippen MR) is 80.5 cm³/mol. The number of unbranched alkanes of at least 4 members (excludes halogenated alkanes) is 1. The SMILES string of the molecule is CNCCCCC(=O)NC(Cc1ccccc1)C(C)=O. The number of ketones is 1. The molecule has 0 saturated carbocycles. The van der Waals surface area contributed by atoms with Gasteiger partial charge in [0.25, 0.3) is 0 Å². The molecule has 1 aromatic rings. The summed E-state index contributed by atoms with van der Waals surface area (Å²) in [5.41, 5.74) is 1.06. The van der Waals surface area contributed by atoms with Crippen LogP contribution in [0.15, 0.2) is 30.3 Å². The molecule has 1 unspecified atom stereocenters. The highest BCUT2D eigenvalue weighted by Gasteiger charge is 2.17. The second-order valence-corrected chi connectivity index (χ2v) is 4.98. The number of rotatable bonds is 9. The average molecular weight is 276 g/mol. The van der Waals surface area contributed by atoms with Crippen molar-refractivity contribution in [3.05, 3.63) is 35.9 Å². The first-order valence-electron chi connectivity index (χ1n) is 7.12. The Morgan fingerprint density at radius 1 is 1.15 bits per heavy atom. The van der Waals surface area contributed by atoms with Gasteiger partial charge in [-0.1, -0.05) is 30.3 Å². The van der Waals surface area contributed by atoms with Crippen LogP contribution in [0.2, 0.25) is 0 Å². The molecule has 20 heavy (non-hydrogen) atoms. The number of hydrogen-bond acceptors (Lipinski definition) is 3. The monoisotopic (exact) mass is 276 g/mol. The van der Waals surface area contributed by atoms with Crippen LogP contribution in [-0.2, 0) is 16.0 Å². The minimum atomic E-state index is -0.422. The summed E-state index contributed by atoms with van der Waals surface area (Å²) in [6.07, 6.45) is 2.83. The molecule has 0 spiro atoms. The van der Waals surface area contributed by atoms with Crippen LogP contribution in [0.3, 0.4) is 0 Å².